The number of hydrogen-bond acceptors (Lipinski definition) is 5. The summed E-state index contributed by atoms with van der Waals surface area (Å²) in [5.41, 5.74) is 3.10. The molecule has 0 spiro atoms. The molecule has 2 aromatic carbocycles. The Balaban J connectivity index is 1.36. The van der Waals surface area contributed by atoms with Gasteiger partial charge in [-0.25, -0.2) is 4.68 Å². The number of tetrazole rings is 1. The first-order valence-corrected chi connectivity index (χ1v) is 10.0. The summed E-state index contributed by atoms with van der Waals surface area (Å²) in [6.07, 6.45) is 3.74. The molecule has 2 heterocycles. The summed E-state index contributed by atoms with van der Waals surface area (Å²) in [4.78, 5) is 17.4. The minimum atomic E-state index is 0.108. The molecule has 0 radical (unpaired) electrons. The van der Waals surface area contributed by atoms with Crippen LogP contribution in [-0.4, -0.2) is 62.1 Å². The molecular formula is C22H26N6O. The lowest BCUT2D eigenvalue weighted by molar-refractivity contribution is 0.0602. The smallest absolute Gasteiger partial charge is 0.253 e. The highest BCUT2D eigenvalue weighted by molar-refractivity contribution is 5.94. The van der Waals surface area contributed by atoms with Crippen molar-refractivity contribution in [2.75, 3.05) is 20.1 Å². The molecule has 0 saturated carbocycles. The lowest BCUT2D eigenvalue weighted by atomic mass is 10.0. The van der Waals surface area contributed by atoms with Crippen LogP contribution in [0.2, 0.25) is 0 Å². The molecule has 1 aliphatic rings. The van der Waals surface area contributed by atoms with Gasteiger partial charge in [-0.2, -0.15) is 0 Å². The number of piperidine rings is 1. The van der Waals surface area contributed by atoms with E-state index in [1.54, 1.807) is 11.0 Å². The molecule has 0 N–H and O–H groups in total. The average molecular weight is 390 g/mol. The van der Waals surface area contributed by atoms with Crippen molar-refractivity contribution in [3.63, 3.8) is 0 Å². The predicted octanol–water partition coefficient (Wildman–Crippen LogP) is 2.46. The summed E-state index contributed by atoms with van der Waals surface area (Å²) in [6.45, 7) is 3.09. The van der Waals surface area contributed by atoms with E-state index in [-0.39, 0.29) is 5.91 Å². The van der Waals surface area contributed by atoms with Crippen molar-refractivity contribution in [3.05, 3.63) is 77.6 Å². The topological polar surface area (TPSA) is 67.2 Å². The maximum atomic E-state index is 13.0. The molecule has 7 nitrogen and oxygen atoms in total. The second-order valence-electron chi connectivity index (χ2n) is 7.65. The quantitative estimate of drug-likeness (QED) is 0.647. The maximum Gasteiger partial charge on any atom is 0.253 e. The molecule has 1 aliphatic heterocycles. The van der Waals surface area contributed by atoms with Crippen LogP contribution in [0.1, 0.15) is 34.3 Å². The van der Waals surface area contributed by atoms with Gasteiger partial charge in [-0.1, -0.05) is 42.5 Å². The van der Waals surface area contributed by atoms with E-state index in [4.69, 9.17) is 0 Å². The number of carbonyl (C=O) groups is 1. The van der Waals surface area contributed by atoms with E-state index >= 15 is 0 Å². The van der Waals surface area contributed by atoms with Gasteiger partial charge in [0.2, 0.25) is 0 Å². The molecule has 0 aliphatic carbocycles. The van der Waals surface area contributed by atoms with Gasteiger partial charge in [-0.15, -0.1) is 5.10 Å². The number of hydrogen-bond donors (Lipinski definition) is 0. The van der Waals surface area contributed by atoms with E-state index in [2.05, 4.69) is 51.7 Å². The van der Waals surface area contributed by atoms with Crippen LogP contribution in [0.25, 0.3) is 0 Å². The van der Waals surface area contributed by atoms with Gasteiger partial charge in [-0.3, -0.25) is 9.69 Å². The monoisotopic (exact) mass is 390 g/mol. The molecule has 150 valence electrons. The number of carbonyl (C=O) groups excluding carboxylic acids is 1. The predicted molar refractivity (Wildman–Crippen MR) is 110 cm³/mol. The Morgan fingerprint density at radius 3 is 2.62 bits per heavy atom. The summed E-state index contributed by atoms with van der Waals surface area (Å²) in [5.74, 6) is 0.108. The Labute approximate surface area is 170 Å². The lowest BCUT2D eigenvalue weighted by Gasteiger charge is -2.37. The number of likely N-dealkylation sites (tertiary alicyclic amines) is 1. The van der Waals surface area contributed by atoms with Crippen molar-refractivity contribution in [1.29, 1.82) is 0 Å². The Kier molecular flexibility index (Phi) is 5.95. The average Bonchev–Trinajstić information content (AvgIpc) is 3.28. The first-order chi connectivity index (χ1) is 14.2. The van der Waals surface area contributed by atoms with Gasteiger partial charge in [0.15, 0.2) is 0 Å². The lowest BCUT2D eigenvalue weighted by Crippen LogP contribution is -2.48. The van der Waals surface area contributed by atoms with Crippen molar-refractivity contribution in [1.82, 2.24) is 30.0 Å². The first kappa shape index (κ1) is 19.3. The second-order valence-corrected chi connectivity index (χ2v) is 7.65. The van der Waals surface area contributed by atoms with E-state index in [0.29, 0.717) is 12.6 Å². The van der Waals surface area contributed by atoms with Gasteiger partial charge in [-0.05, 0) is 53.6 Å². The largest absolute Gasteiger partial charge is 0.337 e. The van der Waals surface area contributed by atoms with Crippen LogP contribution in [0, 0.1) is 0 Å². The molecule has 7 heteroatoms. The number of amides is 1. The van der Waals surface area contributed by atoms with Gasteiger partial charge < -0.3 is 4.90 Å². The summed E-state index contributed by atoms with van der Waals surface area (Å²) in [5, 5.41) is 11.2. The molecule has 1 fully saturated rings. The highest BCUT2D eigenvalue weighted by Gasteiger charge is 2.26. The minimum absolute atomic E-state index is 0.108. The van der Waals surface area contributed by atoms with E-state index in [1.165, 1.54) is 5.56 Å². The molecule has 1 aromatic heterocycles. The van der Waals surface area contributed by atoms with Crippen molar-refractivity contribution in [2.24, 2.45) is 0 Å². The summed E-state index contributed by atoms with van der Waals surface area (Å²) in [6, 6.07) is 18.6. The molecule has 1 saturated heterocycles. The molecule has 1 amide bonds. The fourth-order valence-electron chi connectivity index (χ4n) is 3.87. The normalized spacial score (nSPS) is 16.9. The second kappa shape index (κ2) is 8.96. The number of aromatic nitrogens is 4. The third kappa shape index (κ3) is 4.86. The Hall–Kier alpha value is -3.06. The highest BCUT2D eigenvalue weighted by atomic mass is 16.2. The van der Waals surface area contributed by atoms with Crippen LogP contribution in [-0.2, 0) is 13.1 Å². The molecule has 0 bridgehead atoms. The van der Waals surface area contributed by atoms with Crippen LogP contribution in [0.4, 0.5) is 0 Å². The zero-order valence-corrected chi connectivity index (χ0v) is 16.7. The van der Waals surface area contributed by atoms with E-state index in [1.807, 2.05) is 35.2 Å². The van der Waals surface area contributed by atoms with Crippen molar-refractivity contribution < 1.29 is 4.79 Å². The third-order valence-corrected chi connectivity index (χ3v) is 5.52. The van der Waals surface area contributed by atoms with Crippen LogP contribution in [0.5, 0.6) is 0 Å². The van der Waals surface area contributed by atoms with Crippen LogP contribution in [0.15, 0.2) is 60.9 Å². The Morgan fingerprint density at radius 1 is 1.10 bits per heavy atom. The Bertz CT molecular complexity index is 910. The molecule has 3 aromatic rings. The van der Waals surface area contributed by atoms with Gasteiger partial charge in [0.1, 0.15) is 6.33 Å². The molecule has 29 heavy (non-hydrogen) atoms. The highest BCUT2D eigenvalue weighted by Crippen LogP contribution is 2.19. The van der Waals surface area contributed by atoms with Gasteiger partial charge in [0.05, 0.1) is 6.54 Å². The molecule has 1 unspecified atom stereocenters. The first-order valence-electron chi connectivity index (χ1n) is 10.0. The molecule has 1 atom stereocenters. The van der Waals surface area contributed by atoms with Crippen molar-refractivity contribution in [3.8, 4) is 0 Å². The third-order valence-electron chi connectivity index (χ3n) is 5.52. The molecular weight excluding hydrogens is 364 g/mol. The van der Waals surface area contributed by atoms with Crippen LogP contribution in [0.3, 0.4) is 0 Å². The zero-order chi connectivity index (χ0) is 20.1. The van der Waals surface area contributed by atoms with E-state index in [0.717, 1.165) is 43.6 Å². The standard InChI is InChI=1S/C22H26N6O/c1-26(14-18-6-3-2-4-7-18)21-8-5-13-27(16-21)22(29)20-11-9-19(10-12-20)15-28-17-23-24-25-28/h2-4,6-7,9-12,17,21H,5,8,13-16H2,1H3. The fourth-order valence-corrected chi connectivity index (χ4v) is 3.87. The number of nitrogens with zero attached hydrogens (tertiary/aromatic N) is 6. The fraction of sp³-hybridized carbons (Fsp3) is 0.364. The molecule has 4 rings (SSSR count). The van der Waals surface area contributed by atoms with Gasteiger partial charge >= 0.3 is 0 Å². The number of rotatable bonds is 6. The van der Waals surface area contributed by atoms with E-state index in [9.17, 15) is 4.79 Å². The van der Waals surface area contributed by atoms with Crippen molar-refractivity contribution >= 4 is 5.91 Å². The number of likely N-dealkylation sites (N-methyl/N-ethyl adjacent to an activating group) is 1. The zero-order valence-electron chi connectivity index (χ0n) is 16.7. The van der Waals surface area contributed by atoms with Crippen LogP contribution < -0.4 is 0 Å². The maximum absolute atomic E-state index is 13.0. The van der Waals surface area contributed by atoms with Gasteiger partial charge in [0.25, 0.3) is 5.91 Å². The minimum Gasteiger partial charge on any atom is -0.337 e. The summed E-state index contributed by atoms with van der Waals surface area (Å²) >= 11 is 0. The van der Waals surface area contributed by atoms with Crippen LogP contribution >= 0.6 is 0 Å². The summed E-state index contributed by atoms with van der Waals surface area (Å²) < 4.78 is 1.66. The summed E-state index contributed by atoms with van der Waals surface area (Å²) in [7, 11) is 2.15. The Morgan fingerprint density at radius 2 is 1.90 bits per heavy atom. The van der Waals surface area contributed by atoms with Gasteiger partial charge in [0, 0.05) is 31.2 Å². The number of benzene rings is 2. The van der Waals surface area contributed by atoms with E-state index < -0.39 is 0 Å². The SMILES string of the molecule is CN(Cc1ccccc1)C1CCCN(C(=O)c2ccc(Cn3cnnn3)cc2)C1. The van der Waals surface area contributed by atoms with Crippen molar-refractivity contribution in [2.45, 2.75) is 32.0 Å².